The molecule has 0 spiro atoms. The van der Waals surface area contributed by atoms with Crippen molar-refractivity contribution in [2.45, 2.75) is 18.8 Å². The van der Waals surface area contributed by atoms with Crippen LogP contribution in [0.3, 0.4) is 0 Å². The molecule has 0 aliphatic heterocycles. The number of aromatic nitrogens is 2. The highest BCUT2D eigenvalue weighted by atomic mass is 19.1. The van der Waals surface area contributed by atoms with Crippen molar-refractivity contribution in [2.75, 3.05) is 5.32 Å². The van der Waals surface area contributed by atoms with Crippen LogP contribution in [0.1, 0.15) is 34.9 Å². The Labute approximate surface area is 173 Å². The van der Waals surface area contributed by atoms with Gasteiger partial charge in [-0.25, -0.2) is 4.39 Å². The Hall–Kier alpha value is -3.80. The molecular formula is C24H20FN3O2. The van der Waals surface area contributed by atoms with E-state index >= 15 is 0 Å². The summed E-state index contributed by atoms with van der Waals surface area (Å²) in [4.78, 5) is 12.7. The maximum absolute atomic E-state index is 13.0. The number of halogens is 1. The molecule has 0 fully saturated rings. The van der Waals surface area contributed by atoms with E-state index in [0.29, 0.717) is 12.3 Å². The summed E-state index contributed by atoms with van der Waals surface area (Å²) in [6.45, 7) is 0. The molecule has 0 radical (unpaired) electrons. The van der Waals surface area contributed by atoms with Gasteiger partial charge in [0.15, 0.2) is 0 Å². The van der Waals surface area contributed by atoms with Crippen molar-refractivity contribution < 1.29 is 13.6 Å². The van der Waals surface area contributed by atoms with E-state index < -0.39 is 0 Å². The van der Waals surface area contributed by atoms with Gasteiger partial charge in [-0.05, 0) is 28.8 Å². The van der Waals surface area contributed by atoms with Crippen LogP contribution in [0, 0.1) is 5.82 Å². The molecule has 0 saturated carbocycles. The SMILES string of the molecule is O=C(CC(c1ccccc1)c1ccccc1)Nc1nnc(Cc2ccc(F)cc2)o1. The first-order chi connectivity index (χ1) is 14.7. The smallest absolute Gasteiger partial charge is 0.322 e. The average molecular weight is 401 g/mol. The van der Waals surface area contributed by atoms with Crippen molar-refractivity contribution in [1.29, 1.82) is 0 Å². The molecule has 1 heterocycles. The van der Waals surface area contributed by atoms with Crippen molar-refractivity contribution >= 4 is 11.9 Å². The fourth-order valence-corrected chi connectivity index (χ4v) is 3.31. The number of amides is 1. The van der Waals surface area contributed by atoms with Crippen LogP contribution in [-0.4, -0.2) is 16.1 Å². The van der Waals surface area contributed by atoms with Crippen LogP contribution >= 0.6 is 0 Å². The van der Waals surface area contributed by atoms with Gasteiger partial charge in [0.25, 0.3) is 0 Å². The van der Waals surface area contributed by atoms with Crippen molar-refractivity contribution in [3.63, 3.8) is 0 Å². The molecule has 5 nitrogen and oxygen atoms in total. The molecule has 0 aliphatic carbocycles. The minimum atomic E-state index is -0.302. The Kier molecular flexibility index (Phi) is 5.94. The van der Waals surface area contributed by atoms with Crippen LogP contribution in [0.4, 0.5) is 10.4 Å². The molecule has 6 heteroatoms. The Morgan fingerprint density at radius 1 is 0.867 bits per heavy atom. The minimum absolute atomic E-state index is 0.0528. The van der Waals surface area contributed by atoms with Gasteiger partial charge in [-0.3, -0.25) is 10.1 Å². The summed E-state index contributed by atoms with van der Waals surface area (Å²) in [5, 5.41) is 10.5. The maximum Gasteiger partial charge on any atom is 0.322 e. The topological polar surface area (TPSA) is 68.0 Å². The monoisotopic (exact) mass is 401 g/mol. The van der Waals surface area contributed by atoms with Crippen LogP contribution in [0.15, 0.2) is 89.3 Å². The highest BCUT2D eigenvalue weighted by Crippen LogP contribution is 2.28. The van der Waals surface area contributed by atoms with Crippen molar-refractivity contribution in [1.82, 2.24) is 10.2 Å². The van der Waals surface area contributed by atoms with Gasteiger partial charge in [0.05, 0.1) is 6.42 Å². The fraction of sp³-hybridized carbons (Fsp3) is 0.125. The number of carbonyl (C=O) groups excluding carboxylic acids is 1. The Morgan fingerprint density at radius 2 is 1.47 bits per heavy atom. The van der Waals surface area contributed by atoms with Crippen LogP contribution in [-0.2, 0) is 11.2 Å². The molecule has 30 heavy (non-hydrogen) atoms. The van der Waals surface area contributed by atoms with Crippen LogP contribution < -0.4 is 5.32 Å². The van der Waals surface area contributed by atoms with Gasteiger partial charge in [-0.2, -0.15) is 0 Å². The van der Waals surface area contributed by atoms with Gasteiger partial charge in [-0.1, -0.05) is 77.9 Å². The lowest BCUT2D eigenvalue weighted by Gasteiger charge is -2.17. The van der Waals surface area contributed by atoms with Crippen LogP contribution in [0.25, 0.3) is 0 Å². The van der Waals surface area contributed by atoms with Gasteiger partial charge in [0.1, 0.15) is 5.82 Å². The molecule has 4 aromatic rings. The predicted octanol–water partition coefficient (Wildman–Crippen LogP) is 4.96. The summed E-state index contributed by atoms with van der Waals surface area (Å²) in [6, 6.07) is 25.9. The zero-order valence-corrected chi connectivity index (χ0v) is 16.2. The van der Waals surface area contributed by atoms with Gasteiger partial charge in [0.2, 0.25) is 11.8 Å². The lowest BCUT2D eigenvalue weighted by molar-refractivity contribution is -0.116. The summed E-state index contributed by atoms with van der Waals surface area (Å²) in [7, 11) is 0. The van der Waals surface area contributed by atoms with Crippen molar-refractivity contribution in [2.24, 2.45) is 0 Å². The maximum atomic E-state index is 13.0. The number of nitrogens with one attached hydrogen (secondary N) is 1. The fourth-order valence-electron chi connectivity index (χ4n) is 3.31. The van der Waals surface area contributed by atoms with E-state index in [1.807, 2.05) is 60.7 Å². The first kappa shape index (κ1) is 19.5. The Morgan fingerprint density at radius 3 is 2.07 bits per heavy atom. The summed E-state index contributed by atoms with van der Waals surface area (Å²) in [5.74, 6) is -0.262. The molecule has 0 unspecified atom stereocenters. The average Bonchev–Trinajstić information content (AvgIpc) is 3.21. The zero-order chi connectivity index (χ0) is 20.8. The second kappa shape index (κ2) is 9.13. The molecule has 0 saturated heterocycles. The number of hydrogen-bond donors (Lipinski definition) is 1. The van der Waals surface area contributed by atoms with Gasteiger partial charge < -0.3 is 4.42 Å². The van der Waals surface area contributed by atoms with Gasteiger partial charge in [0, 0.05) is 12.3 Å². The van der Waals surface area contributed by atoms with E-state index in [9.17, 15) is 9.18 Å². The third-order valence-corrected chi connectivity index (χ3v) is 4.78. The first-order valence-electron chi connectivity index (χ1n) is 9.64. The number of rotatable bonds is 7. The first-order valence-corrected chi connectivity index (χ1v) is 9.64. The van der Waals surface area contributed by atoms with Crippen molar-refractivity contribution in [3.8, 4) is 0 Å². The normalized spacial score (nSPS) is 10.9. The number of anilines is 1. The molecule has 1 amide bonds. The molecule has 0 aliphatic rings. The highest BCUT2D eigenvalue weighted by molar-refractivity contribution is 5.89. The lowest BCUT2D eigenvalue weighted by atomic mass is 9.88. The number of carbonyl (C=O) groups is 1. The van der Waals surface area contributed by atoms with Crippen LogP contribution in [0.5, 0.6) is 0 Å². The van der Waals surface area contributed by atoms with Crippen molar-refractivity contribution in [3.05, 3.63) is 113 Å². The lowest BCUT2D eigenvalue weighted by Crippen LogP contribution is -2.16. The third-order valence-electron chi connectivity index (χ3n) is 4.78. The van der Waals surface area contributed by atoms with Gasteiger partial charge >= 0.3 is 6.01 Å². The molecule has 150 valence electrons. The van der Waals surface area contributed by atoms with E-state index in [-0.39, 0.29) is 30.1 Å². The molecule has 0 atom stereocenters. The summed E-state index contributed by atoms with van der Waals surface area (Å²) in [6.07, 6.45) is 0.601. The van der Waals surface area contributed by atoms with Crippen LogP contribution in [0.2, 0.25) is 0 Å². The summed E-state index contributed by atoms with van der Waals surface area (Å²) in [5.41, 5.74) is 2.95. The van der Waals surface area contributed by atoms with E-state index in [4.69, 9.17) is 4.42 Å². The summed E-state index contributed by atoms with van der Waals surface area (Å²) >= 11 is 0. The summed E-state index contributed by atoms with van der Waals surface area (Å²) < 4.78 is 18.6. The predicted molar refractivity (Wildman–Crippen MR) is 111 cm³/mol. The number of hydrogen-bond acceptors (Lipinski definition) is 4. The second-order valence-electron chi connectivity index (χ2n) is 6.93. The van der Waals surface area contributed by atoms with E-state index in [2.05, 4.69) is 15.5 Å². The quantitative estimate of drug-likeness (QED) is 0.475. The van der Waals surface area contributed by atoms with E-state index in [1.165, 1.54) is 12.1 Å². The third kappa shape index (κ3) is 4.97. The van der Waals surface area contributed by atoms with Gasteiger partial charge in [-0.15, -0.1) is 5.10 Å². The molecular weight excluding hydrogens is 381 g/mol. The molecule has 1 N–H and O–H groups in total. The van der Waals surface area contributed by atoms with E-state index in [1.54, 1.807) is 12.1 Å². The molecule has 1 aromatic heterocycles. The largest absolute Gasteiger partial charge is 0.407 e. The molecule has 4 rings (SSSR count). The minimum Gasteiger partial charge on any atom is -0.407 e. The van der Waals surface area contributed by atoms with E-state index in [0.717, 1.165) is 16.7 Å². The molecule has 3 aromatic carbocycles. The second-order valence-corrected chi connectivity index (χ2v) is 6.93. The number of benzene rings is 3. The zero-order valence-electron chi connectivity index (χ0n) is 16.2. The number of nitrogens with zero attached hydrogens (tertiary/aromatic N) is 2. The molecule has 0 bridgehead atoms. The highest BCUT2D eigenvalue weighted by Gasteiger charge is 2.19. The standard InChI is InChI=1S/C24H20FN3O2/c25-20-13-11-17(12-14-20)15-23-27-28-24(30-23)26-22(29)16-21(18-7-3-1-4-8-18)19-9-5-2-6-10-19/h1-14,21H,15-16H2,(H,26,28,29). The Balaban J connectivity index is 1.44. The Bertz CT molecular complexity index is 1060.